The summed E-state index contributed by atoms with van der Waals surface area (Å²) >= 11 is 0. The number of unbranched alkanes of at least 4 members (excludes halogenated alkanes) is 1. The Morgan fingerprint density at radius 3 is 2.62 bits per heavy atom. The molecule has 12 nitrogen and oxygen atoms in total. The smallest absolute Gasteiger partial charge is 0.407 e. The zero-order valence-corrected chi connectivity index (χ0v) is 20.8. The Balaban J connectivity index is 2.57. The van der Waals surface area contributed by atoms with E-state index < -0.39 is 32.3 Å². The number of amides is 3. The van der Waals surface area contributed by atoms with Gasteiger partial charge in [0.15, 0.2) is 8.38 Å². The molecule has 194 valence electrons. The molecule has 0 aliphatic carbocycles. The van der Waals surface area contributed by atoms with E-state index in [0.29, 0.717) is 18.8 Å². The number of rotatable bonds is 15. The van der Waals surface area contributed by atoms with Gasteiger partial charge in [0.1, 0.15) is 6.04 Å². The van der Waals surface area contributed by atoms with Gasteiger partial charge >= 0.3 is 6.09 Å². The van der Waals surface area contributed by atoms with Crippen LogP contribution in [0.2, 0.25) is 0 Å². The van der Waals surface area contributed by atoms with Gasteiger partial charge in [-0.05, 0) is 25.3 Å². The molecule has 0 radical (unpaired) electrons. The maximum Gasteiger partial charge on any atom is 0.407 e. The summed E-state index contributed by atoms with van der Waals surface area (Å²) in [4.78, 5) is 57.0. The second-order valence-electron chi connectivity index (χ2n) is 7.80. The Labute approximate surface area is 201 Å². The van der Waals surface area contributed by atoms with Gasteiger partial charge in [-0.1, -0.05) is 19.9 Å². The fraction of sp³-hybridized carbons (Fsp3) is 0.667. The van der Waals surface area contributed by atoms with Crippen LogP contribution in [-0.2, 0) is 19.1 Å². The first-order chi connectivity index (χ1) is 16.2. The number of nitrogens with one attached hydrogen (secondary N) is 3. The fourth-order valence-corrected chi connectivity index (χ4v) is 3.60. The molecule has 0 aromatic heterocycles. The minimum atomic E-state index is -2.24. The van der Waals surface area contributed by atoms with Crippen molar-refractivity contribution >= 4 is 26.3 Å². The van der Waals surface area contributed by atoms with Crippen LogP contribution in [0.15, 0.2) is 24.0 Å². The summed E-state index contributed by atoms with van der Waals surface area (Å²) in [5, 5.41) is 7.62. The van der Waals surface area contributed by atoms with Crippen LogP contribution in [0.5, 0.6) is 0 Å². The van der Waals surface area contributed by atoms with E-state index in [4.69, 9.17) is 15.2 Å². The normalized spacial score (nSPS) is 16.8. The molecule has 7 N–H and O–H groups in total. The molecule has 1 saturated heterocycles. The monoisotopic (exact) mass is 503 g/mol. The summed E-state index contributed by atoms with van der Waals surface area (Å²) < 4.78 is 10.3. The molecular formula is C21H38N5O7P. The number of nitrogens with zero attached hydrogens (tertiary/aromatic N) is 1. The topological polar surface area (TPSA) is 175 Å². The largest absolute Gasteiger partial charge is 0.450 e. The molecule has 0 spiro atoms. The summed E-state index contributed by atoms with van der Waals surface area (Å²) in [6.45, 7) is 7.83. The van der Waals surface area contributed by atoms with E-state index in [9.17, 15) is 24.2 Å². The predicted octanol–water partition coefficient (Wildman–Crippen LogP) is -0.123. The Hall–Kier alpha value is -2.40. The van der Waals surface area contributed by atoms with Crippen LogP contribution in [-0.4, -0.2) is 90.8 Å². The van der Waals surface area contributed by atoms with Crippen LogP contribution in [0.25, 0.3) is 0 Å². The lowest BCUT2D eigenvalue weighted by atomic mass is 10.2. The van der Waals surface area contributed by atoms with Gasteiger partial charge < -0.3 is 45.8 Å². The number of hydrogen-bond acceptors (Lipinski definition) is 9. The highest BCUT2D eigenvalue weighted by molar-refractivity contribution is 7.45. The van der Waals surface area contributed by atoms with Crippen LogP contribution >= 0.6 is 8.38 Å². The average molecular weight is 504 g/mol. The minimum Gasteiger partial charge on any atom is -0.450 e. The highest BCUT2D eigenvalue weighted by Crippen LogP contribution is 2.24. The first-order valence-corrected chi connectivity index (χ1v) is 12.7. The van der Waals surface area contributed by atoms with Gasteiger partial charge in [-0.3, -0.25) is 9.59 Å². The summed E-state index contributed by atoms with van der Waals surface area (Å²) in [5.41, 5.74) is 6.33. The van der Waals surface area contributed by atoms with Gasteiger partial charge in [0, 0.05) is 45.1 Å². The van der Waals surface area contributed by atoms with Crippen LogP contribution < -0.4 is 21.7 Å². The number of alkyl carbamates (subject to hydrolysis) is 1. The second-order valence-corrected chi connectivity index (χ2v) is 8.99. The quantitative estimate of drug-likeness (QED) is 0.0770. The van der Waals surface area contributed by atoms with E-state index in [0.717, 1.165) is 25.8 Å². The molecule has 13 heteroatoms. The van der Waals surface area contributed by atoms with Gasteiger partial charge in [0.25, 0.3) is 5.91 Å². The summed E-state index contributed by atoms with van der Waals surface area (Å²) in [7, 11) is -0.601. The third-order valence-electron chi connectivity index (χ3n) is 5.13. The maximum atomic E-state index is 12.6. The lowest BCUT2D eigenvalue weighted by Gasteiger charge is -2.20. The van der Waals surface area contributed by atoms with Gasteiger partial charge in [0.05, 0.1) is 18.4 Å². The molecule has 34 heavy (non-hydrogen) atoms. The summed E-state index contributed by atoms with van der Waals surface area (Å²) in [6, 6.07) is -1.04. The highest BCUT2D eigenvalue weighted by Gasteiger charge is 2.25. The molecule has 1 fully saturated rings. The number of likely N-dealkylation sites (tertiary alicyclic amines) is 1. The summed E-state index contributed by atoms with van der Waals surface area (Å²) in [5.74, 6) is -1.22. The lowest BCUT2D eigenvalue weighted by molar-refractivity contribution is -0.127. The van der Waals surface area contributed by atoms with Crippen molar-refractivity contribution in [2.24, 2.45) is 5.73 Å². The van der Waals surface area contributed by atoms with Gasteiger partial charge in [-0.15, -0.1) is 0 Å². The Morgan fingerprint density at radius 1 is 1.29 bits per heavy atom. The van der Waals surface area contributed by atoms with E-state index in [-0.39, 0.29) is 37.5 Å². The molecule has 0 saturated carbocycles. The van der Waals surface area contributed by atoms with Crippen molar-refractivity contribution in [3.63, 3.8) is 0 Å². The van der Waals surface area contributed by atoms with Crippen molar-refractivity contribution in [1.29, 1.82) is 0 Å². The molecule has 2 atom stereocenters. The molecule has 1 aliphatic rings. The molecule has 0 bridgehead atoms. The summed E-state index contributed by atoms with van der Waals surface area (Å²) in [6.07, 6.45) is 3.38. The van der Waals surface area contributed by atoms with E-state index >= 15 is 0 Å². The SMILES string of the molecule is C=C(/C=C(\N)C(=O)N[C@@H](CCP(O)O)C(=O)NCCNC(=O)OCCCC)N1CC[C@H](OC)C1. The first kappa shape index (κ1) is 29.6. The number of methoxy groups -OCH3 is 1. The average Bonchev–Trinajstić information content (AvgIpc) is 3.28. The van der Waals surface area contributed by atoms with E-state index in [1.807, 2.05) is 11.8 Å². The second kappa shape index (κ2) is 16.3. The number of hydrogen-bond donors (Lipinski definition) is 6. The number of ether oxygens (including phenoxy) is 2. The van der Waals surface area contributed by atoms with Crippen molar-refractivity contribution in [2.45, 2.75) is 44.8 Å². The van der Waals surface area contributed by atoms with E-state index in [1.54, 1.807) is 7.11 Å². The van der Waals surface area contributed by atoms with Crippen LogP contribution in [0, 0.1) is 0 Å². The molecule has 1 rings (SSSR count). The molecule has 3 amide bonds. The van der Waals surface area contributed by atoms with Crippen molar-refractivity contribution in [3.05, 3.63) is 24.0 Å². The van der Waals surface area contributed by atoms with Gasteiger partial charge in [-0.2, -0.15) is 0 Å². The van der Waals surface area contributed by atoms with E-state index in [2.05, 4.69) is 22.5 Å². The molecule has 0 aromatic carbocycles. The maximum absolute atomic E-state index is 12.6. The Morgan fingerprint density at radius 2 is 2.00 bits per heavy atom. The van der Waals surface area contributed by atoms with Crippen LogP contribution in [0.3, 0.4) is 0 Å². The highest BCUT2D eigenvalue weighted by atomic mass is 31.2. The molecular weight excluding hydrogens is 465 g/mol. The molecule has 1 aliphatic heterocycles. The number of carbonyl (C=O) groups is 3. The Bertz CT molecular complexity index is 720. The van der Waals surface area contributed by atoms with E-state index in [1.165, 1.54) is 6.08 Å². The van der Waals surface area contributed by atoms with Crippen LogP contribution in [0.1, 0.15) is 32.6 Å². The zero-order valence-electron chi connectivity index (χ0n) is 19.9. The third kappa shape index (κ3) is 11.6. The minimum absolute atomic E-state index is 0.00135. The van der Waals surface area contributed by atoms with Crippen molar-refractivity contribution in [1.82, 2.24) is 20.9 Å². The molecule has 0 aromatic rings. The number of carbonyl (C=O) groups excluding carboxylic acids is 3. The van der Waals surface area contributed by atoms with Crippen molar-refractivity contribution in [2.75, 3.05) is 46.1 Å². The molecule has 1 heterocycles. The Kier molecular flexibility index (Phi) is 14.2. The zero-order chi connectivity index (χ0) is 25.5. The third-order valence-corrected chi connectivity index (χ3v) is 5.79. The number of nitrogens with two attached hydrogens (primary N) is 1. The lowest BCUT2D eigenvalue weighted by Crippen LogP contribution is -2.49. The van der Waals surface area contributed by atoms with Crippen molar-refractivity contribution in [3.8, 4) is 0 Å². The van der Waals surface area contributed by atoms with Crippen LogP contribution in [0.4, 0.5) is 4.79 Å². The standard InChI is InChI=1S/C21H38N5O7P/c1-4-5-11-33-21(29)24-9-8-23-20(28)18(7-12-34(30)31)25-19(27)17(22)13-15(2)26-10-6-16(14-26)32-3/h13,16,18,30-31H,2,4-12,14,22H2,1,3H3,(H,23,28)(H,24,29)(H,25,27)/b17-13-/t16-,18-/m0/s1. The van der Waals surface area contributed by atoms with Gasteiger partial charge in [-0.25, -0.2) is 4.79 Å². The van der Waals surface area contributed by atoms with Gasteiger partial charge in [0.2, 0.25) is 5.91 Å². The first-order valence-electron chi connectivity index (χ1n) is 11.3. The predicted molar refractivity (Wildman–Crippen MR) is 128 cm³/mol. The molecule has 0 unspecified atom stereocenters. The number of allylic oxidation sites excluding steroid dienone is 1. The van der Waals surface area contributed by atoms with Crippen molar-refractivity contribution < 1.29 is 33.6 Å². The fourth-order valence-electron chi connectivity index (χ4n) is 3.11.